The molecule has 0 aromatic rings. The maximum Gasteiger partial charge on any atom is 0.248 e. The summed E-state index contributed by atoms with van der Waals surface area (Å²) in [5, 5.41) is 6.35. The molecule has 2 N–H and O–H groups in total. The molecule has 0 aromatic carbocycles. The molecule has 1 heterocycles. The first-order valence-corrected chi connectivity index (χ1v) is 7.80. The second-order valence-corrected chi connectivity index (χ2v) is 5.61. The van der Waals surface area contributed by atoms with E-state index in [1.54, 1.807) is 14.0 Å². The Morgan fingerprint density at radius 1 is 1.32 bits per heavy atom. The van der Waals surface area contributed by atoms with Crippen LogP contribution >= 0.6 is 12.4 Å². The Morgan fingerprint density at radius 3 is 2.59 bits per heavy atom. The summed E-state index contributed by atoms with van der Waals surface area (Å²) < 4.78 is 16.0. The quantitative estimate of drug-likeness (QED) is 0.581. The summed E-state index contributed by atoms with van der Waals surface area (Å²) in [6, 6.07) is 0. The Hall–Kier alpha value is -0.400. The van der Waals surface area contributed by atoms with Gasteiger partial charge in [0.15, 0.2) is 0 Å². The van der Waals surface area contributed by atoms with Crippen molar-refractivity contribution in [1.29, 1.82) is 0 Å². The summed E-state index contributed by atoms with van der Waals surface area (Å²) in [6.07, 6.45) is 1.58. The van der Waals surface area contributed by atoms with Crippen LogP contribution in [0.3, 0.4) is 0 Å². The van der Waals surface area contributed by atoms with E-state index >= 15 is 0 Å². The lowest BCUT2D eigenvalue weighted by molar-refractivity contribution is -0.133. The summed E-state index contributed by atoms with van der Waals surface area (Å²) in [6.45, 7) is 8.59. The van der Waals surface area contributed by atoms with Crippen molar-refractivity contribution < 1.29 is 19.0 Å². The summed E-state index contributed by atoms with van der Waals surface area (Å²) >= 11 is 0. The zero-order valence-electron chi connectivity index (χ0n) is 14.0. The molecular formula is C15H31ClN2O4. The van der Waals surface area contributed by atoms with E-state index in [-0.39, 0.29) is 23.7 Å². The molecule has 0 radical (unpaired) electrons. The molecular weight excluding hydrogens is 308 g/mol. The molecule has 1 unspecified atom stereocenters. The zero-order valence-corrected chi connectivity index (χ0v) is 14.8. The van der Waals surface area contributed by atoms with Gasteiger partial charge in [-0.2, -0.15) is 0 Å². The van der Waals surface area contributed by atoms with E-state index in [0.29, 0.717) is 33.0 Å². The van der Waals surface area contributed by atoms with Crippen molar-refractivity contribution in [3.8, 4) is 0 Å². The normalized spacial score (nSPS) is 18.3. The van der Waals surface area contributed by atoms with Crippen molar-refractivity contribution in [3.05, 3.63) is 0 Å². The molecule has 1 saturated heterocycles. The standard InChI is InChI=1S/C15H30N2O4.ClH/c1-4-20-9-10-21-13(2)14(18)17-11-15(12-19-3)5-7-16-8-6-15;/h13,16H,4-12H2,1-3H3,(H,17,18);1H. The summed E-state index contributed by atoms with van der Waals surface area (Å²) in [5.41, 5.74) is 0.0424. The highest BCUT2D eigenvalue weighted by atomic mass is 35.5. The van der Waals surface area contributed by atoms with Crippen molar-refractivity contribution in [3.63, 3.8) is 0 Å². The Bertz CT molecular complexity index is 294. The lowest BCUT2D eigenvalue weighted by atomic mass is 9.79. The largest absolute Gasteiger partial charge is 0.384 e. The highest BCUT2D eigenvalue weighted by Gasteiger charge is 2.32. The highest BCUT2D eigenvalue weighted by molar-refractivity contribution is 5.85. The number of amides is 1. The third-order valence-corrected chi connectivity index (χ3v) is 3.92. The van der Waals surface area contributed by atoms with Gasteiger partial charge in [-0.3, -0.25) is 4.79 Å². The van der Waals surface area contributed by atoms with Crippen LogP contribution in [-0.4, -0.2) is 65.2 Å². The number of hydrogen-bond donors (Lipinski definition) is 2. The lowest BCUT2D eigenvalue weighted by Crippen LogP contribution is -2.49. The summed E-state index contributed by atoms with van der Waals surface area (Å²) in [5.74, 6) is -0.0690. The third-order valence-electron chi connectivity index (χ3n) is 3.92. The fraction of sp³-hybridized carbons (Fsp3) is 0.933. The van der Waals surface area contributed by atoms with Gasteiger partial charge in [0.05, 0.1) is 19.8 Å². The molecule has 132 valence electrons. The van der Waals surface area contributed by atoms with Gasteiger partial charge in [0, 0.05) is 25.7 Å². The molecule has 1 fully saturated rings. The van der Waals surface area contributed by atoms with Crippen molar-refractivity contribution in [2.75, 3.05) is 53.2 Å². The van der Waals surface area contributed by atoms with Crippen LogP contribution in [0.15, 0.2) is 0 Å². The third kappa shape index (κ3) is 7.74. The fourth-order valence-electron chi connectivity index (χ4n) is 2.56. The van der Waals surface area contributed by atoms with E-state index in [1.807, 2.05) is 6.92 Å². The van der Waals surface area contributed by atoms with E-state index in [9.17, 15) is 4.79 Å². The summed E-state index contributed by atoms with van der Waals surface area (Å²) in [7, 11) is 1.71. The van der Waals surface area contributed by atoms with Crippen LogP contribution in [0.4, 0.5) is 0 Å². The molecule has 1 atom stereocenters. The SMILES string of the molecule is CCOCCOC(C)C(=O)NCC1(COC)CCNCC1.Cl. The Kier molecular flexibility index (Phi) is 11.9. The van der Waals surface area contributed by atoms with Gasteiger partial charge in [-0.05, 0) is 39.8 Å². The van der Waals surface area contributed by atoms with Crippen molar-refractivity contribution in [2.45, 2.75) is 32.8 Å². The number of nitrogens with one attached hydrogen (secondary N) is 2. The molecule has 1 aliphatic heterocycles. The van der Waals surface area contributed by atoms with Crippen LogP contribution < -0.4 is 10.6 Å². The molecule has 0 saturated carbocycles. The number of ether oxygens (including phenoxy) is 3. The second kappa shape index (κ2) is 12.1. The van der Waals surface area contributed by atoms with Gasteiger partial charge in [-0.15, -0.1) is 12.4 Å². The van der Waals surface area contributed by atoms with Crippen LogP contribution in [0.5, 0.6) is 0 Å². The molecule has 7 heteroatoms. The van der Waals surface area contributed by atoms with Gasteiger partial charge >= 0.3 is 0 Å². The number of hydrogen-bond acceptors (Lipinski definition) is 5. The maximum absolute atomic E-state index is 12.1. The van der Waals surface area contributed by atoms with Gasteiger partial charge in [-0.25, -0.2) is 0 Å². The molecule has 1 rings (SSSR count). The monoisotopic (exact) mass is 338 g/mol. The molecule has 1 aliphatic rings. The smallest absolute Gasteiger partial charge is 0.248 e. The first-order valence-electron chi connectivity index (χ1n) is 7.80. The minimum atomic E-state index is -0.452. The van der Waals surface area contributed by atoms with Crippen molar-refractivity contribution >= 4 is 18.3 Å². The van der Waals surface area contributed by atoms with E-state index in [0.717, 1.165) is 25.9 Å². The van der Waals surface area contributed by atoms with Crippen LogP contribution in [0.2, 0.25) is 0 Å². The number of carbonyl (C=O) groups is 1. The zero-order chi connectivity index (χ0) is 15.6. The number of rotatable bonds is 10. The molecule has 6 nitrogen and oxygen atoms in total. The Labute approximate surface area is 140 Å². The van der Waals surface area contributed by atoms with E-state index in [4.69, 9.17) is 14.2 Å². The minimum absolute atomic E-state index is 0. The van der Waals surface area contributed by atoms with Gasteiger partial charge in [0.1, 0.15) is 6.10 Å². The van der Waals surface area contributed by atoms with Gasteiger partial charge in [-0.1, -0.05) is 0 Å². The molecule has 0 aliphatic carbocycles. The predicted molar refractivity (Wildman–Crippen MR) is 88.6 cm³/mol. The van der Waals surface area contributed by atoms with Crippen LogP contribution in [0.25, 0.3) is 0 Å². The van der Waals surface area contributed by atoms with E-state index < -0.39 is 6.10 Å². The molecule has 22 heavy (non-hydrogen) atoms. The van der Waals surface area contributed by atoms with Crippen LogP contribution in [-0.2, 0) is 19.0 Å². The first-order chi connectivity index (χ1) is 10.1. The van der Waals surface area contributed by atoms with E-state index in [1.165, 1.54) is 0 Å². The van der Waals surface area contributed by atoms with Crippen LogP contribution in [0.1, 0.15) is 26.7 Å². The second-order valence-electron chi connectivity index (χ2n) is 5.61. The molecule has 0 aromatic heterocycles. The van der Waals surface area contributed by atoms with Crippen molar-refractivity contribution in [2.24, 2.45) is 5.41 Å². The Balaban J connectivity index is 0.00000441. The van der Waals surface area contributed by atoms with Gasteiger partial charge < -0.3 is 24.8 Å². The predicted octanol–water partition coefficient (Wildman–Crippen LogP) is 0.982. The number of methoxy groups -OCH3 is 1. The Morgan fingerprint density at radius 2 is 2.00 bits per heavy atom. The number of piperidine rings is 1. The molecule has 0 spiro atoms. The minimum Gasteiger partial charge on any atom is -0.384 e. The average Bonchev–Trinajstić information content (AvgIpc) is 2.50. The number of halogens is 1. The number of carbonyl (C=O) groups excluding carboxylic acids is 1. The summed E-state index contributed by atoms with van der Waals surface area (Å²) in [4.78, 5) is 12.1. The topological polar surface area (TPSA) is 68.8 Å². The average molecular weight is 339 g/mol. The first kappa shape index (κ1) is 21.6. The highest BCUT2D eigenvalue weighted by Crippen LogP contribution is 2.28. The molecule has 1 amide bonds. The lowest BCUT2D eigenvalue weighted by Gasteiger charge is -2.37. The van der Waals surface area contributed by atoms with Gasteiger partial charge in [0.2, 0.25) is 5.91 Å². The molecule has 0 bridgehead atoms. The van der Waals surface area contributed by atoms with E-state index in [2.05, 4.69) is 10.6 Å². The van der Waals surface area contributed by atoms with Crippen LogP contribution in [0, 0.1) is 5.41 Å². The fourth-order valence-corrected chi connectivity index (χ4v) is 2.56. The van der Waals surface area contributed by atoms with Gasteiger partial charge in [0.25, 0.3) is 0 Å². The van der Waals surface area contributed by atoms with Crippen molar-refractivity contribution in [1.82, 2.24) is 10.6 Å². The maximum atomic E-state index is 12.1.